The Labute approximate surface area is 119 Å². The number of fused-ring (bicyclic) bond motifs is 5. The second-order valence-corrected chi connectivity index (χ2v) is 6.71. The maximum atomic E-state index is 12.3. The highest BCUT2D eigenvalue weighted by Crippen LogP contribution is 2.58. The molecule has 3 aliphatic rings. The summed E-state index contributed by atoms with van der Waals surface area (Å²) in [5, 5.41) is 3.22. The maximum Gasteiger partial charge on any atom is 0.270 e. The van der Waals surface area contributed by atoms with Gasteiger partial charge in [-0.15, -0.1) is 0 Å². The van der Waals surface area contributed by atoms with Gasteiger partial charge in [0.05, 0.1) is 11.9 Å². The Morgan fingerprint density at radius 3 is 2.85 bits per heavy atom. The molecule has 5 atom stereocenters. The lowest BCUT2D eigenvalue weighted by molar-refractivity contribution is 0.0896. The van der Waals surface area contributed by atoms with Crippen molar-refractivity contribution in [2.45, 2.75) is 38.1 Å². The summed E-state index contributed by atoms with van der Waals surface area (Å²) in [6.07, 6.45) is 8.23. The van der Waals surface area contributed by atoms with Crippen LogP contribution in [-0.4, -0.2) is 16.9 Å². The van der Waals surface area contributed by atoms with Gasteiger partial charge < -0.3 is 11.1 Å². The molecule has 0 spiro atoms. The molecule has 20 heavy (non-hydrogen) atoms. The van der Waals surface area contributed by atoms with Gasteiger partial charge in [0, 0.05) is 6.04 Å². The van der Waals surface area contributed by atoms with E-state index < -0.39 is 0 Å². The normalized spacial score (nSPS) is 37.9. The molecule has 1 aromatic rings. The van der Waals surface area contributed by atoms with E-state index in [4.69, 9.17) is 5.73 Å². The molecular formula is C16H21N3O. The molecule has 5 unspecified atom stereocenters. The molecule has 1 aromatic heterocycles. The molecule has 3 N–H and O–H groups in total. The van der Waals surface area contributed by atoms with Crippen molar-refractivity contribution in [2.24, 2.45) is 23.7 Å². The molecular weight excluding hydrogens is 250 g/mol. The van der Waals surface area contributed by atoms with Gasteiger partial charge in [-0.05, 0) is 61.5 Å². The van der Waals surface area contributed by atoms with Crippen LogP contribution in [0, 0.1) is 23.7 Å². The number of rotatable bonds is 2. The minimum absolute atomic E-state index is 0.0444. The van der Waals surface area contributed by atoms with E-state index >= 15 is 0 Å². The summed E-state index contributed by atoms with van der Waals surface area (Å²) in [5.74, 6) is 3.36. The smallest absolute Gasteiger partial charge is 0.270 e. The second-order valence-electron chi connectivity index (χ2n) is 6.71. The van der Waals surface area contributed by atoms with Crippen LogP contribution in [0.3, 0.4) is 0 Å². The highest BCUT2D eigenvalue weighted by atomic mass is 16.1. The number of anilines is 1. The first-order valence-electron chi connectivity index (χ1n) is 7.75. The van der Waals surface area contributed by atoms with Gasteiger partial charge in [-0.1, -0.05) is 6.42 Å². The van der Waals surface area contributed by atoms with Gasteiger partial charge >= 0.3 is 0 Å². The molecule has 0 saturated heterocycles. The molecule has 4 heteroatoms. The average molecular weight is 271 g/mol. The number of nitrogen functional groups attached to an aromatic ring is 1. The SMILES string of the molecule is Nc1ccc(C(=O)NC2CC3CC2C2CCCC32)nc1. The standard InChI is InChI=1S/C16H21N3O/c17-10-4-5-14(18-8-10)16(20)19-15-7-9-6-13(15)12-3-1-2-11(9)12/h4-5,8-9,11-13,15H,1-3,6-7,17H2,(H,19,20). The number of hydrogen-bond acceptors (Lipinski definition) is 3. The fraction of sp³-hybridized carbons (Fsp3) is 0.625. The molecule has 3 saturated carbocycles. The molecule has 0 radical (unpaired) electrons. The fourth-order valence-electron chi connectivity index (χ4n) is 5.02. The van der Waals surface area contributed by atoms with Crippen molar-refractivity contribution in [3.63, 3.8) is 0 Å². The van der Waals surface area contributed by atoms with E-state index in [1.165, 1.54) is 32.1 Å². The first kappa shape index (κ1) is 12.2. The van der Waals surface area contributed by atoms with Gasteiger partial charge in [-0.25, -0.2) is 4.98 Å². The van der Waals surface area contributed by atoms with Crippen molar-refractivity contribution in [3.05, 3.63) is 24.0 Å². The minimum Gasteiger partial charge on any atom is -0.397 e. The maximum absolute atomic E-state index is 12.3. The Hall–Kier alpha value is -1.58. The zero-order valence-corrected chi connectivity index (χ0v) is 11.6. The Morgan fingerprint density at radius 2 is 2.05 bits per heavy atom. The largest absolute Gasteiger partial charge is 0.397 e. The van der Waals surface area contributed by atoms with Crippen molar-refractivity contribution in [2.75, 3.05) is 5.73 Å². The molecule has 4 rings (SSSR count). The molecule has 0 aromatic carbocycles. The van der Waals surface area contributed by atoms with Crippen LogP contribution in [0.15, 0.2) is 18.3 Å². The molecule has 2 bridgehead atoms. The van der Waals surface area contributed by atoms with Crippen molar-refractivity contribution in [1.29, 1.82) is 0 Å². The monoisotopic (exact) mass is 271 g/mol. The van der Waals surface area contributed by atoms with Crippen LogP contribution in [-0.2, 0) is 0 Å². The molecule has 0 aliphatic heterocycles. The Morgan fingerprint density at radius 1 is 1.20 bits per heavy atom. The minimum atomic E-state index is -0.0444. The number of nitrogens with one attached hydrogen (secondary N) is 1. The van der Waals surface area contributed by atoms with Crippen LogP contribution in [0.5, 0.6) is 0 Å². The summed E-state index contributed by atoms with van der Waals surface area (Å²) in [6, 6.07) is 3.80. The highest BCUT2D eigenvalue weighted by Gasteiger charge is 2.54. The van der Waals surface area contributed by atoms with Gasteiger partial charge in [-0.3, -0.25) is 4.79 Å². The Kier molecular flexibility index (Phi) is 2.72. The van der Waals surface area contributed by atoms with Crippen LogP contribution in [0.1, 0.15) is 42.6 Å². The number of amides is 1. The highest BCUT2D eigenvalue weighted by molar-refractivity contribution is 5.92. The van der Waals surface area contributed by atoms with Gasteiger partial charge in [0.15, 0.2) is 0 Å². The Balaban J connectivity index is 1.45. The molecule has 1 heterocycles. The van der Waals surface area contributed by atoms with Crippen LogP contribution in [0.25, 0.3) is 0 Å². The van der Waals surface area contributed by atoms with Crippen molar-refractivity contribution >= 4 is 11.6 Å². The van der Waals surface area contributed by atoms with E-state index in [9.17, 15) is 4.79 Å². The van der Waals surface area contributed by atoms with Crippen LogP contribution >= 0.6 is 0 Å². The summed E-state index contributed by atoms with van der Waals surface area (Å²) in [6.45, 7) is 0. The average Bonchev–Trinajstić information content (AvgIpc) is 3.11. The van der Waals surface area contributed by atoms with Crippen LogP contribution < -0.4 is 11.1 Å². The Bertz CT molecular complexity index is 527. The van der Waals surface area contributed by atoms with Gasteiger partial charge in [-0.2, -0.15) is 0 Å². The van der Waals surface area contributed by atoms with E-state index in [0.29, 0.717) is 23.3 Å². The molecule has 3 fully saturated rings. The third-order valence-electron chi connectivity index (χ3n) is 5.76. The predicted molar refractivity (Wildman–Crippen MR) is 76.9 cm³/mol. The molecule has 1 amide bonds. The van der Waals surface area contributed by atoms with Crippen molar-refractivity contribution in [1.82, 2.24) is 10.3 Å². The number of aromatic nitrogens is 1. The first-order valence-corrected chi connectivity index (χ1v) is 7.75. The fourth-order valence-corrected chi connectivity index (χ4v) is 5.02. The predicted octanol–water partition coefficient (Wildman–Crippen LogP) is 2.22. The van der Waals surface area contributed by atoms with Crippen molar-refractivity contribution in [3.8, 4) is 0 Å². The summed E-state index contributed by atoms with van der Waals surface area (Å²) in [7, 11) is 0. The van der Waals surface area contributed by atoms with Crippen molar-refractivity contribution < 1.29 is 4.79 Å². The number of carbonyl (C=O) groups excluding carboxylic acids is 1. The number of nitrogens with two attached hydrogens (primary N) is 1. The lowest BCUT2D eigenvalue weighted by Gasteiger charge is -2.32. The summed E-state index contributed by atoms with van der Waals surface area (Å²) in [4.78, 5) is 16.4. The van der Waals surface area contributed by atoms with Gasteiger partial charge in [0.2, 0.25) is 0 Å². The van der Waals surface area contributed by atoms with E-state index in [1.807, 2.05) is 0 Å². The third kappa shape index (κ3) is 1.81. The quantitative estimate of drug-likeness (QED) is 0.866. The zero-order valence-electron chi connectivity index (χ0n) is 11.6. The molecule has 3 aliphatic carbocycles. The molecule has 106 valence electrons. The summed E-state index contributed by atoms with van der Waals surface area (Å²) in [5.41, 5.74) is 6.67. The third-order valence-corrected chi connectivity index (χ3v) is 5.76. The molecule has 4 nitrogen and oxygen atoms in total. The number of carbonyl (C=O) groups is 1. The summed E-state index contributed by atoms with van der Waals surface area (Å²) >= 11 is 0. The van der Waals surface area contributed by atoms with E-state index in [0.717, 1.165) is 17.8 Å². The number of hydrogen-bond donors (Lipinski definition) is 2. The lowest BCUT2D eigenvalue weighted by atomic mass is 9.79. The van der Waals surface area contributed by atoms with Crippen LogP contribution in [0.4, 0.5) is 5.69 Å². The number of nitrogens with zero attached hydrogens (tertiary/aromatic N) is 1. The lowest BCUT2D eigenvalue weighted by Crippen LogP contribution is -2.42. The summed E-state index contributed by atoms with van der Waals surface area (Å²) < 4.78 is 0. The zero-order chi connectivity index (χ0) is 13.7. The topological polar surface area (TPSA) is 68.0 Å². The first-order chi connectivity index (χ1) is 9.72. The van der Waals surface area contributed by atoms with E-state index in [2.05, 4.69) is 10.3 Å². The number of pyridine rings is 1. The second kappa shape index (κ2) is 4.47. The van der Waals surface area contributed by atoms with Gasteiger partial charge in [0.25, 0.3) is 5.91 Å². The van der Waals surface area contributed by atoms with E-state index in [-0.39, 0.29) is 5.91 Å². The van der Waals surface area contributed by atoms with Gasteiger partial charge in [0.1, 0.15) is 5.69 Å². The van der Waals surface area contributed by atoms with Crippen LogP contribution in [0.2, 0.25) is 0 Å². The van der Waals surface area contributed by atoms with E-state index in [1.54, 1.807) is 18.3 Å².